The molecular formula is C15H23N3. The molecule has 0 saturated heterocycles. The van der Waals surface area contributed by atoms with E-state index in [1.54, 1.807) is 0 Å². The van der Waals surface area contributed by atoms with Crippen LogP contribution in [-0.2, 0) is 0 Å². The fraction of sp³-hybridized carbons (Fsp3) is 0.533. The van der Waals surface area contributed by atoms with Gasteiger partial charge in [-0.25, -0.2) is 0 Å². The number of rotatable bonds is 4. The average molecular weight is 245 g/mol. The first-order valence-corrected chi connectivity index (χ1v) is 6.94. The normalized spacial score (nSPS) is 16.5. The summed E-state index contributed by atoms with van der Waals surface area (Å²) in [6.07, 6.45) is 6.54. The highest BCUT2D eigenvalue weighted by Crippen LogP contribution is 2.29. The van der Waals surface area contributed by atoms with Crippen molar-refractivity contribution in [3.8, 4) is 0 Å². The maximum atomic E-state index is 7.71. The van der Waals surface area contributed by atoms with Gasteiger partial charge in [0.15, 0.2) is 0 Å². The van der Waals surface area contributed by atoms with Crippen LogP contribution in [0, 0.1) is 5.41 Å². The van der Waals surface area contributed by atoms with E-state index in [-0.39, 0.29) is 5.84 Å². The summed E-state index contributed by atoms with van der Waals surface area (Å²) in [6.45, 7) is 3.17. The molecule has 98 valence electrons. The second-order valence-electron chi connectivity index (χ2n) is 5.01. The minimum Gasteiger partial charge on any atom is -0.384 e. The van der Waals surface area contributed by atoms with Crippen molar-refractivity contribution in [1.82, 2.24) is 0 Å². The van der Waals surface area contributed by atoms with E-state index < -0.39 is 0 Å². The zero-order valence-electron chi connectivity index (χ0n) is 11.2. The third-order valence-corrected chi connectivity index (χ3v) is 3.86. The van der Waals surface area contributed by atoms with Crippen molar-refractivity contribution < 1.29 is 0 Å². The molecule has 1 aromatic rings. The number of hydrogen-bond donors (Lipinski definition) is 2. The van der Waals surface area contributed by atoms with Crippen LogP contribution in [0.5, 0.6) is 0 Å². The van der Waals surface area contributed by atoms with Gasteiger partial charge >= 0.3 is 0 Å². The van der Waals surface area contributed by atoms with E-state index in [0.717, 1.165) is 17.8 Å². The van der Waals surface area contributed by atoms with Crippen LogP contribution >= 0.6 is 0 Å². The minimum absolute atomic E-state index is 0.167. The molecule has 1 fully saturated rings. The molecule has 0 bridgehead atoms. The predicted octanol–water partition coefficient (Wildman–Crippen LogP) is 3.13. The second-order valence-corrected chi connectivity index (χ2v) is 5.01. The van der Waals surface area contributed by atoms with Crippen LogP contribution in [0.1, 0.15) is 44.6 Å². The summed E-state index contributed by atoms with van der Waals surface area (Å²) in [7, 11) is 0. The molecule has 1 aliphatic carbocycles. The van der Waals surface area contributed by atoms with E-state index in [1.165, 1.54) is 32.1 Å². The molecule has 1 saturated carbocycles. The van der Waals surface area contributed by atoms with E-state index in [1.807, 2.05) is 18.2 Å². The molecule has 3 nitrogen and oxygen atoms in total. The predicted molar refractivity (Wildman–Crippen MR) is 77.4 cm³/mol. The highest BCUT2D eigenvalue weighted by molar-refractivity contribution is 6.00. The summed E-state index contributed by atoms with van der Waals surface area (Å²) < 4.78 is 0. The molecule has 0 unspecified atom stereocenters. The standard InChI is InChI=1S/C15H23N3/c1-2-18(12-8-4-3-5-9-12)14-11-7-6-10-13(14)15(16)17/h6-7,10-12H,2-5,8-9H2,1H3,(H3,16,17). The maximum Gasteiger partial charge on any atom is 0.124 e. The Morgan fingerprint density at radius 2 is 1.94 bits per heavy atom. The van der Waals surface area contributed by atoms with Crippen molar-refractivity contribution in [1.29, 1.82) is 5.41 Å². The first-order chi connectivity index (χ1) is 8.74. The van der Waals surface area contributed by atoms with Gasteiger partial charge in [0.05, 0.1) is 0 Å². The number of nitrogen functional groups attached to an aromatic ring is 1. The SMILES string of the molecule is CCN(c1ccccc1C(=N)N)C1CCCCC1. The largest absolute Gasteiger partial charge is 0.384 e. The summed E-state index contributed by atoms with van der Waals surface area (Å²) >= 11 is 0. The zero-order chi connectivity index (χ0) is 13.0. The van der Waals surface area contributed by atoms with Gasteiger partial charge in [0.2, 0.25) is 0 Å². The average Bonchev–Trinajstić information content (AvgIpc) is 2.41. The lowest BCUT2D eigenvalue weighted by Crippen LogP contribution is -2.38. The van der Waals surface area contributed by atoms with Crippen LogP contribution in [0.4, 0.5) is 5.69 Å². The quantitative estimate of drug-likeness (QED) is 0.632. The van der Waals surface area contributed by atoms with Gasteiger partial charge in [0.1, 0.15) is 5.84 Å². The molecule has 2 rings (SSSR count). The van der Waals surface area contributed by atoms with E-state index in [2.05, 4.69) is 17.9 Å². The van der Waals surface area contributed by atoms with E-state index in [9.17, 15) is 0 Å². The summed E-state index contributed by atoms with van der Waals surface area (Å²) in [5.41, 5.74) is 7.68. The van der Waals surface area contributed by atoms with Crippen LogP contribution in [0.3, 0.4) is 0 Å². The van der Waals surface area contributed by atoms with Crippen LogP contribution in [0.15, 0.2) is 24.3 Å². The number of nitrogens with two attached hydrogens (primary N) is 1. The van der Waals surface area contributed by atoms with E-state index in [0.29, 0.717) is 6.04 Å². The molecule has 3 N–H and O–H groups in total. The third kappa shape index (κ3) is 2.66. The molecule has 18 heavy (non-hydrogen) atoms. The Labute approximate surface area is 109 Å². The monoisotopic (exact) mass is 245 g/mol. The second kappa shape index (κ2) is 5.89. The lowest BCUT2D eigenvalue weighted by atomic mass is 9.93. The first kappa shape index (κ1) is 12.9. The highest BCUT2D eigenvalue weighted by Gasteiger charge is 2.22. The van der Waals surface area contributed by atoms with Crippen molar-refractivity contribution in [3.05, 3.63) is 29.8 Å². The van der Waals surface area contributed by atoms with Gasteiger partial charge < -0.3 is 10.6 Å². The van der Waals surface area contributed by atoms with E-state index >= 15 is 0 Å². The molecule has 0 amide bonds. The molecule has 0 heterocycles. The van der Waals surface area contributed by atoms with Crippen LogP contribution in [-0.4, -0.2) is 18.4 Å². The summed E-state index contributed by atoms with van der Waals surface area (Å²) in [5.74, 6) is 0.167. The van der Waals surface area contributed by atoms with Gasteiger partial charge in [-0.1, -0.05) is 31.4 Å². The Balaban J connectivity index is 2.28. The number of para-hydroxylation sites is 1. The topological polar surface area (TPSA) is 53.1 Å². The van der Waals surface area contributed by atoms with Gasteiger partial charge in [0.25, 0.3) is 0 Å². The molecule has 0 spiro atoms. The molecular weight excluding hydrogens is 222 g/mol. The van der Waals surface area contributed by atoms with Gasteiger partial charge in [0, 0.05) is 23.8 Å². The molecule has 3 heteroatoms. The van der Waals surface area contributed by atoms with Crippen LogP contribution in [0.2, 0.25) is 0 Å². The summed E-state index contributed by atoms with van der Waals surface area (Å²) in [6, 6.07) is 8.64. The van der Waals surface area contributed by atoms with Crippen LogP contribution in [0.25, 0.3) is 0 Å². The van der Waals surface area contributed by atoms with Crippen molar-refractivity contribution in [2.24, 2.45) is 5.73 Å². The number of hydrogen-bond acceptors (Lipinski definition) is 2. The van der Waals surface area contributed by atoms with Crippen LogP contribution < -0.4 is 10.6 Å². The first-order valence-electron chi connectivity index (χ1n) is 6.94. The Bertz CT molecular complexity index is 408. The fourth-order valence-corrected chi connectivity index (χ4v) is 2.97. The van der Waals surface area contributed by atoms with Crippen molar-refractivity contribution in [3.63, 3.8) is 0 Å². The van der Waals surface area contributed by atoms with Crippen molar-refractivity contribution >= 4 is 11.5 Å². The zero-order valence-corrected chi connectivity index (χ0v) is 11.2. The molecule has 0 aliphatic heterocycles. The number of nitrogens with one attached hydrogen (secondary N) is 1. The Morgan fingerprint density at radius 3 is 2.56 bits per heavy atom. The number of anilines is 1. The minimum atomic E-state index is 0.167. The third-order valence-electron chi connectivity index (χ3n) is 3.86. The number of amidine groups is 1. The Morgan fingerprint density at radius 1 is 1.28 bits per heavy atom. The molecule has 0 atom stereocenters. The highest BCUT2D eigenvalue weighted by atomic mass is 15.2. The van der Waals surface area contributed by atoms with Gasteiger partial charge in [-0.15, -0.1) is 0 Å². The molecule has 0 radical (unpaired) electrons. The Kier molecular flexibility index (Phi) is 4.24. The molecule has 1 aromatic carbocycles. The summed E-state index contributed by atoms with van der Waals surface area (Å²) in [5, 5.41) is 7.71. The fourth-order valence-electron chi connectivity index (χ4n) is 2.97. The number of nitrogens with zero attached hydrogens (tertiary/aromatic N) is 1. The number of benzene rings is 1. The van der Waals surface area contributed by atoms with Crippen molar-refractivity contribution in [2.75, 3.05) is 11.4 Å². The summed E-state index contributed by atoms with van der Waals surface area (Å²) in [4.78, 5) is 2.43. The Hall–Kier alpha value is -1.51. The molecule has 0 aromatic heterocycles. The van der Waals surface area contributed by atoms with E-state index in [4.69, 9.17) is 11.1 Å². The maximum absolute atomic E-state index is 7.71. The van der Waals surface area contributed by atoms with Gasteiger partial charge in [-0.3, -0.25) is 5.41 Å². The lowest BCUT2D eigenvalue weighted by molar-refractivity contribution is 0.418. The lowest BCUT2D eigenvalue weighted by Gasteiger charge is -2.36. The van der Waals surface area contributed by atoms with Gasteiger partial charge in [-0.05, 0) is 31.9 Å². The van der Waals surface area contributed by atoms with Gasteiger partial charge in [-0.2, -0.15) is 0 Å². The van der Waals surface area contributed by atoms with Crippen molar-refractivity contribution in [2.45, 2.75) is 45.1 Å². The smallest absolute Gasteiger partial charge is 0.124 e. The molecule has 1 aliphatic rings.